The lowest BCUT2D eigenvalue weighted by Gasteiger charge is -2.15. The fourth-order valence-electron chi connectivity index (χ4n) is 3.31. The molecule has 3 aromatic carbocycles. The second-order valence-corrected chi connectivity index (χ2v) is 7.19. The molecule has 1 heterocycles. The molecule has 0 fully saturated rings. The number of amides is 1. The van der Waals surface area contributed by atoms with Crippen molar-refractivity contribution >= 4 is 22.8 Å². The number of nitrogens with one attached hydrogen (secondary N) is 1. The van der Waals surface area contributed by atoms with Crippen molar-refractivity contribution in [3.63, 3.8) is 0 Å². The molecule has 5 nitrogen and oxygen atoms in total. The first-order valence-corrected chi connectivity index (χ1v) is 10.1. The van der Waals surface area contributed by atoms with Gasteiger partial charge in [-0.05, 0) is 24.6 Å². The summed E-state index contributed by atoms with van der Waals surface area (Å²) in [4.78, 5) is 30.1. The van der Waals surface area contributed by atoms with Crippen molar-refractivity contribution in [2.45, 2.75) is 19.6 Å². The number of carbonyl (C=O) groups is 2. The van der Waals surface area contributed by atoms with E-state index in [1.807, 2.05) is 84.9 Å². The molecule has 1 atom stereocenters. The zero-order valence-electron chi connectivity index (χ0n) is 17.1. The highest BCUT2D eigenvalue weighted by atomic mass is 16.5. The van der Waals surface area contributed by atoms with Crippen LogP contribution in [0.5, 0.6) is 0 Å². The van der Waals surface area contributed by atoms with Gasteiger partial charge in [-0.2, -0.15) is 0 Å². The average molecular weight is 410 g/mol. The van der Waals surface area contributed by atoms with E-state index in [1.54, 1.807) is 13.0 Å². The van der Waals surface area contributed by atoms with Gasteiger partial charge >= 0.3 is 5.97 Å². The first-order valence-electron chi connectivity index (χ1n) is 10.1. The Bertz CT molecular complexity index is 1210. The van der Waals surface area contributed by atoms with Crippen LogP contribution in [0.25, 0.3) is 22.2 Å². The molecule has 1 N–H and O–H groups in total. The molecule has 0 bridgehead atoms. The van der Waals surface area contributed by atoms with Crippen LogP contribution < -0.4 is 5.32 Å². The quantitative estimate of drug-likeness (QED) is 0.465. The first kappa shape index (κ1) is 20.3. The molecule has 0 aliphatic heterocycles. The maximum atomic E-state index is 13.0. The Morgan fingerprint density at radius 2 is 1.55 bits per heavy atom. The smallest absolute Gasteiger partial charge is 0.339 e. The molecular formula is C26H22N2O3. The number of aromatic nitrogens is 1. The average Bonchev–Trinajstić information content (AvgIpc) is 2.83. The van der Waals surface area contributed by atoms with E-state index in [0.717, 1.165) is 11.1 Å². The third-order valence-corrected chi connectivity index (χ3v) is 4.97. The van der Waals surface area contributed by atoms with Gasteiger partial charge in [0.1, 0.15) is 0 Å². The molecule has 154 valence electrons. The zero-order chi connectivity index (χ0) is 21.6. The van der Waals surface area contributed by atoms with Crippen molar-refractivity contribution in [1.82, 2.24) is 10.3 Å². The number of hydrogen-bond acceptors (Lipinski definition) is 4. The summed E-state index contributed by atoms with van der Waals surface area (Å²) in [6, 6.07) is 28.3. The predicted molar refractivity (Wildman–Crippen MR) is 120 cm³/mol. The highest BCUT2D eigenvalue weighted by molar-refractivity contribution is 6.05. The van der Waals surface area contributed by atoms with Crippen molar-refractivity contribution in [2.24, 2.45) is 0 Å². The van der Waals surface area contributed by atoms with Crippen LogP contribution in [0.1, 0.15) is 22.8 Å². The van der Waals surface area contributed by atoms with Crippen LogP contribution >= 0.6 is 0 Å². The second kappa shape index (κ2) is 9.22. The summed E-state index contributed by atoms with van der Waals surface area (Å²) >= 11 is 0. The zero-order valence-corrected chi connectivity index (χ0v) is 17.1. The monoisotopic (exact) mass is 410 g/mol. The van der Waals surface area contributed by atoms with Crippen molar-refractivity contribution in [1.29, 1.82) is 0 Å². The van der Waals surface area contributed by atoms with Gasteiger partial charge in [0.25, 0.3) is 5.91 Å². The SMILES string of the molecule is C[C@H](OC(=O)c1cc(-c2ccccc2)nc2ccccc12)C(=O)NCc1ccccc1. The van der Waals surface area contributed by atoms with E-state index in [-0.39, 0.29) is 5.91 Å². The molecule has 0 saturated heterocycles. The highest BCUT2D eigenvalue weighted by Crippen LogP contribution is 2.25. The maximum absolute atomic E-state index is 13.0. The Morgan fingerprint density at radius 1 is 0.903 bits per heavy atom. The van der Waals surface area contributed by atoms with Crippen molar-refractivity contribution in [2.75, 3.05) is 0 Å². The number of hydrogen-bond donors (Lipinski definition) is 1. The van der Waals surface area contributed by atoms with E-state index in [2.05, 4.69) is 10.3 Å². The highest BCUT2D eigenvalue weighted by Gasteiger charge is 2.21. The van der Waals surface area contributed by atoms with Crippen molar-refractivity contribution in [3.05, 3.63) is 102 Å². The molecule has 4 rings (SSSR count). The van der Waals surface area contributed by atoms with Gasteiger partial charge in [0.2, 0.25) is 0 Å². The van der Waals surface area contributed by atoms with Crippen LogP contribution in [0.3, 0.4) is 0 Å². The Balaban J connectivity index is 1.54. The second-order valence-electron chi connectivity index (χ2n) is 7.19. The van der Waals surface area contributed by atoms with Crippen molar-refractivity contribution < 1.29 is 14.3 Å². The summed E-state index contributed by atoms with van der Waals surface area (Å²) < 4.78 is 5.51. The van der Waals surface area contributed by atoms with Gasteiger partial charge in [-0.25, -0.2) is 9.78 Å². The summed E-state index contributed by atoms with van der Waals surface area (Å²) in [5.41, 5.74) is 3.62. The Morgan fingerprint density at radius 3 is 2.29 bits per heavy atom. The summed E-state index contributed by atoms with van der Waals surface area (Å²) in [7, 11) is 0. The van der Waals surface area contributed by atoms with Crippen LogP contribution in [-0.2, 0) is 16.1 Å². The Labute approximate surface area is 180 Å². The predicted octanol–water partition coefficient (Wildman–Crippen LogP) is 4.76. The van der Waals surface area contributed by atoms with Crippen LogP contribution in [0.15, 0.2) is 91.0 Å². The molecule has 0 spiro atoms. The topological polar surface area (TPSA) is 68.3 Å². The number of ether oxygens (including phenoxy) is 1. The van der Waals surface area contributed by atoms with E-state index in [0.29, 0.717) is 28.7 Å². The van der Waals surface area contributed by atoms with Gasteiger partial charge in [0.05, 0.1) is 16.8 Å². The number of carbonyl (C=O) groups excluding carboxylic acids is 2. The first-order chi connectivity index (χ1) is 15.1. The molecule has 5 heteroatoms. The molecule has 31 heavy (non-hydrogen) atoms. The van der Waals surface area contributed by atoms with Crippen LogP contribution in [0.2, 0.25) is 0 Å². The molecule has 4 aromatic rings. The van der Waals surface area contributed by atoms with Gasteiger partial charge < -0.3 is 10.1 Å². The third kappa shape index (κ3) is 4.78. The number of pyridine rings is 1. The van der Waals surface area contributed by atoms with E-state index in [1.165, 1.54) is 0 Å². The molecule has 0 aliphatic rings. The summed E-state index contributed by atoms with van der Waals surface area (Å²) in [5, 5.41) is 3.49. The number of benzene rings is 3. The Hall–Kier alpha value is -3.99. The molecule has 1 aromatic heterocycles. The fourth-order valence-corrected chi connectivity index (χ4v) is 3.31. The maximum Gasteiger partial charge on any atom is 0.339 e. The Kier molecular flexibility index (Phi) is 6.03. The van der Waals surface area contributed by atoms with E-state index in [9.17, 15) is 9.59 Å². The van der Waals surface area contributed by atoms with Gasteiger partial charge in [-0.3, -0.25) is 4.79 Å². The van der Waals surface area contributed by atoms with Crippen LogP contribution in [-0.4, -0.2) is 23.0 Å². The number of fused-ring (bicyclic) bond motifs is 1. The fraction of sp³-hybridized carbons (Fsp3) is 0.115. The minimum atomic E-state index is -0.927. The van der Waals surface area contributed by atoms with E-state index >= 15 is 0 Å². The summed E-state index contributed by atoms with van der Waals surface area (Å²) in [6.07, 6.45) is -0.927. The van der Waals surface area contributed by atoms with Crippen LogP contribution in [0, 0.1) is 0 Å². The summed E-state index contributed by atoms with van der Waals surface area (Å²) in [5.74, 6) is -0.906. The molecule has 0 unspecified atom stereocenters. The third-order valence-electron chi connectivity index (χ3n) is 4.97. The molecule has 1 amide bonds. The number of nitrogens with zero attached hydrogens (tertiary/aromatic N) is 1. The van der Waals surface area contributed by atoms with Crippen LogP contribution in [0.4, 0.5) is 0 Å². The molecule has 0 radical (unpaired) electrons. The van der Waals surface area contributed by atoms with Gasteiger partial charge in [-0.1, -0.05) is 78.9 Å². The molecule has 0 saturated carbocycles. The van der Waals surface area contributed by atoms with E-state index in [4.69, 9.17) is 4.74 Å². The number of rotatable bonds is 6. The lowest BCUT2D eigenvalue weighted by atomic mass is 10.0. The minimum Gasteiger partial charge on any atom is -0.449 e. The lowest BCUT2D eigenvalue weighted by molar-refractivity contribution is -0.129. The van der Waals surface area contributed by atoms with Crippen molar-refractivity contribution in [3.8, 4) is 11.3 Å². The van der Waals surface area contributed by atoms with Gasteiger partial charge in [0, 0.05) is 17.5 Å². The van der Waals surface area contributed by atoms with E-state index < -0.39 is 12.1 Å². The molecule has 0 aliphatic carbocycles. The minimum absolute atomic E-state index is 0.348. The van der Waals surface area contributed by atoms with Gasteiger partial charge in [-0.15, -0.1) is 0 Å². The number of para-hydroxylation sites is 1. The largest absolute Gasteiger partial charge is 0.449 e. The lowest BCUT2D eigenvalue weighted by Crippen LogP contribution is -2.35. The molecular weight excluding hydrogens is 388 g/mol. The summed E-state index contributed by atoms with van der Waals surface area (Å²) in [6.45, 7) is 1.94. The normalized spacial score (nSPS) is 11.6. The van der Waals surface area contributed by atoms with Gasteiger partial charge in [0.15, 0.2) is 6.10 Å². The number of esters is 1. The standard InChI is InChI=1S/C26H22N2O3/c1-18(25(29)27-17-19-10-4-2-5-11-19)31-26(30)22-16-24(20-12-6-3-7-13-20)28-23-15-9-8-14-21(22)23/h2-16,18H,17H2,1H3,(H,27,29)/t18-/m0/s1.